The van der Waals surface area contributed by atoms with Gasteiger partial charge < -0.3 is 100.0 Å². The first kappa shape index (κ1) is 84.5. The van der Waals surface area contributed by atoms with E-state index < -0.39 is 229 Å². The third-order valence-electron chi connectivity index (χ3n) is 17.1. The van der Waals surface area contributed by atoms with Gasteiger partial charge in [-0.3, -0.25) is 67.1 Å². The van der Waals surface area contributed by atoms with Gasteiger partial charge in [0.25, 0.3) is 0 Å². The monoisotopic (exact) mass is 1370 g/mol. The molecule has 2 aliphatic rings. The van der Waals surface area contributed by atoms with Gasteiger partial charge in [-0.25, -0.2) is 0 Å². The average Bonchev–Trinajstić information content (AvgIpc) is 1.22. The number of aliphatic hydroxyl groups is 5. The van der Waals surface area contributed by atoms with Gasteiger partial charge in [0.1, 0.15) is 66.5 Å². The van der Waals surface area contributed by atoms with E-state index in [1.54, 1.807) is 34.6 Å². The van der Waals surface area contributed by atoms with Crippen LogP contribution in [0.3, 0.4) is 0 Å². The van der Waals surface area contributed by atoms with Gasteiger partial charge in [0.2, 0.25) is 82.7 Å². The predicted molar refractivity (Wildman–Crippen MR) is 347 cm³/mol. The average molecular weight is 1370 g/mol. The van der Waals surface area contributed by atoms with Gasteiger partial charge in [-0.15, -0.1) is 0 Å². The number of nitrogens with one attached hydrogen (secondary N) is 10. The molecule has 2 saturated heterocycles. The number of likely N-dealkylation sites (N-methyl/N-ethyl adjacent to an activating group) is 1. The maximum atomic E-state index is 14.7. The number of hydrogen-bond acceptors (Lipinski definition) is 19. The van der Waals surface area contributed by atoms with Crippen molar-refractivity contribution in [3.63, 3.8) is 0 Å². The van der Waals surface area contributed by atoms with Crippen molar-refractivity contribution >= 4 is 82.7 Å². The number of nitrogens with zero attached hydrogens (tertiary/aromatic N) is 2. The smallest absolute Gasteiger partial charge is 0.248 e. The lowest BCUT2D eigenvalue weighted by Crippen LogP contribution is -2.65. The Morgan fingerprint density at radius 2 is 1.02 bits per heavy atom. The summed E-state index contributed by atoms with van der Waals surface area (Å²) in [6.45, 7) is 21.0. The van der Waals surface area contributed by atoms with E-state index in [4.69, 9.17) is 11.5 Å². The highest BCUT2D eigenvalue weighted by atomic mass is 16.3. The molecule has 33 heteroatoms. The molecule has 0 aliphatic carbocycles. The molecule has 2 heterocycles. The third kappa shape index (κ3) is 25.1. The Labute approximate surface area is 561 Å². The SMILES string of the molecule is CCCCC[C@H]1CC(=O)N[C@@H](C(C)C)C(=O)N[C@@H](C(O)C(C)C)C(=O)N[C@@H](C)C(=O)N[C@@H](C(O)C(C)C)C(=O)N[C@@H](CCC(N)=O)C(=O)N(C)[C@@H]([C@@H](C)CC)C(=O)N[C@@H](C(O)C(N)=O)C(=O)N[C@@H]([C@@H](C)O)C(=O)N2CCC[C@H]2C(=O)N[C@@H](CC(C)C)C(=O)N[C@@H]([C@@H](C)O)C(=O)N1. The van der Waals surface area contributed by atoms with Gasteiger partial charge in [-0.1, -0.05) is 102 Å². The van der Waals surface area contributed by atoms with Gasteiger partial charge in [0.15, 0.2) is 6.10 Å². The molecule has 0 bridgehead atoms. The number of rotatable bonds is 20. The molecule has 0 spiro atoms. The quantitative estimate of drug-likeness (QED) is 0.0510. The van der Waals surface area contributed by atoms with Crippen LogP contribution < -0.4 is 64.6 Å². The van der Waals surface area contributed by atoms with Gasteiger partial charge in [-0.2, -0.15) is 0 Å². The number of nitrogens with two attached hydrogens (primary N) is 2. The second-order valence-electron chi connectivity index (χ2n) is 26.9. The van der Waals surface area contributed by atoms with Gasteiger partial charge >= 0.3 is 0 Å². The Morgan fingerprint density at radius 3 is 1.52 bits per heavy atom. The number of primary amides is 2. The van der Waals surface area contributed by atoms with E-state index in [1.165, 1.54) is 48.5 Å². The fraction of sp³-hybridized carbons (Fsp3) is 0.778. The summed E-state index contributed by atoms with van der Waals surface area (Å²) < 4.78 is 0. The summed E-state index contributed by atoms with van der Waals surface area (Å²) in [5.41, 5.74) is 11.0. The molecule has 2 aliphatic heterocycles. The fourth-order valence-corrected chi connectivity index (χ4v) is 11.1. The van der Waals surface area contributed by atoms with Crippen LogP contribution in [0, 0.1) is 29.6 Å². The van der Waals surface area contributed by atoms with Crippen LogP contribution in [-0.4, -0.2) is 235 Å². The van der Waals surface area contributed by atoms with Gasteiger partial charge in [-0.05, 0) is 82.5 Å². The Bertz CT molecular complexity index is 2710. The van der Waals surface area contributed by atoms with E-state index in [9.17, 15) is 92.7 Å². The van der Waals surface area contributed by atoms with E-state index in [0.29, 0.717) is 12.8 Å². The lowest BCUT2D eigenvalue weighted by Gasteiger charge is -2.36. The van der Waals surface area contributed by atoms with Crippen LogP contribution in [0.25, 0.3) is 0 Å². The van der Waals surface area contributed by atoms with Crippen LogP contribution in [0.4, 0.5) is 0 Å². The molecular weight excluding hydrogens is 1260 g/mol. The number of hydrogen-bond donors (Lipinski definition) is 17. The molecule has 18 atom stereocenters. The highest BCUT2D eigenvalue weighted by Gasteiger charge is 2.46. The summed E-state index contributed by atoms with van der Waals surface area (Å²) >= 11 is 0. The lowest BCUT2D eigenvalue weighted by molar-refractivity contribution is -0.148. The molecule has 0 aromatic rings. The Hall–Kier alpha value is -7.62. The summed E-state index contributed by atoms with van der Waals surface area (Å²) in [5.74, 6) is -18.7. The second kappa shape index (κ2) is 39.6. The van der Waals surface area contributed by atoms with Crippen LogP contribution >= 0.6 is 0 Å². The van der Waals surface area contributed by atoms with E-state index in [-0.39, 0.29) is 44.6 Å². The molecule has 0 aromatic carbocycles. The summed E-state index contributed by atoms with van der Waals surface area (Å²) in [4.78, 5) is 199. The first-order chi connectivity index (χ1) is 44.6. The molecule has 96 heavy (non-hydrogen) atoms. The van der Waals surface area contributed by atoms with E-state index >= 15 is 0 Å². The highest BCUT2D eigenvalue weighted by Crippen LogP contribution is 2.23. The molecule has 546 valence electrons. The largest absolute Gasteiger partial charge is 0.391 e. The summed E-state index contributed by atoms with van der Waals surface area (Å²) in [5, 5.41) is 80.8. The molecule has 2 rings (SSSR count). The zero-order chi connectivity index (χ0) is 73.5. The molecule has 14 amide bonds. The Kier molecular flexibility index (Phi) is 34.8. The number of amides is 14. The highest BCUT2D eigenvalue weighted by molar-refractivity contribution is 6.01. The molecule has 33 nitrogen and oxygen atoms in total. The van der Waals surface area contributed by atoms with Crippen molar-refractivity contribution in [2.24, 2.45) is 41.1 Å². The number of aliphatic hydroxyl groups excluding tert-OH is 5. The number of fused-ring (bicyclic) bond motifs is 1. The van der Waals surface area contributed by atoms with Crippen LogP contribution in [-0.2, 0) is 67.1 Å². The fourth-order valence-electron chi connectivity index (χ4n) is 11.1. The maximum Gasteiger partial charge on any atom is 0.248 e. The lowest BCUT2D eigenvalue weighted by atomic mass is 9.94. The minimum Gasteiger partial charge on any atom is -0.391 e. The van der Waals surface area contributed by atoms with E-state index in [1.807, 2.05) is 6.92 Å². The maximum absolute atomic E-state index is 14.7. The van der Waals surface area contributed by atoms with Crippen molar-refractivity contribution in [3.8, 4) is 0 Å². The van der Waals surface area contributed by atoms with E-state index in [0.717, 1.165) is 30.2 Å². The van der Waals surface area contributed by atoms with E-state index in [2.05, 4.69) is 53.2 Å². The standard InChI is InChI=1S/C63H110N14O19/c1-16-18-19-21-36-27-41(81)70-42(29(5)6)56(89)74-45(49(82)30(7)8)58(91)66-33(12)53(86)73-46(50(83)31(9)10)59(92)68-37(23-24-40(64)80)62(95)76(15)48(32(11)17-2)61(94)75-47(51(84)52(65)85)60(93)72-44(35(14)79)63(96)77-25-20-22-39(77)55(88)69-38(26-28(3)4)54(87)71-43(34(13)78)57(90)67-36/h28-39,42-51,78-79,82-84H,16-27H2,1-15H3,(H2,64,80)(H2,65,85)(H,66,91)(H,67,90)(H,68,92)(H,69,88)(H,70,81)(H,71,87)(H,72,93)(H,73,86)(H,74,89)(H,75,94)/t32-,33-,34+,35+,36-,37-,38-,39-,42-,43-,44-,45-,46-,47-,48-,49?,50?,51?/m0/s1. The number of carbonyl (C=O) groups excluding carboxylic acids is 14. The van der Waals surface area contributed by atoms with Crippen LogP contribution in [0.2, 0.25) is 0 Å². The normalized spacial score (nSPS) is 28.2. The molecule has 3 unspecified atom stereocenters. The third-order valence-corrected chi connectivity index (χ3v) is 17.1. The molecule has 0 radical (unpaired) electrons. The number of carbonyl (C=O) groups is 14. The van der Waals surface area contributed by atoms with Gasteiger partial charge in [0, 0.05) is 32.5 Å². The van der Waals surface area contributed by atoms with Crippen molar-refractivity contribution in [2.45, 2.75) is 271 Å². The van der Waals surface area contributed by atoms with Crippen LogP contribution in [0.5, 0.6) is 0 Å². The summed E-state index contributed by atoms with van der Waals surface area (Å²) in [6, 6.07) is -20.0. The topological polar surface area (TPSA) is 519 Å². The van der Waals surface area contributed by atoms with Crippen molar-refractivity contribution in [2.75, 3.05) is 13.6 Å². The summed E-state index contributed by atoms with van der Waals surface area (Å²) in [6.07, 6.45) is -8.53. The van der Waals surface area contributed by atoms with Crippen molar-refractivity contribution in [1.29, 1.82) is 0 Å². The van der Waals surface area contributed by atoms with Gasteiger partial charge in [0.05, 0.1) is 24.4 Å². The first-order valence-corrected chi connectivity index (χ1v) is 33.2. The molecule has 2 fully saturated rings. The first-order valence-electron chi connectivity index (χ1n) is 33.2. The van der Waals surface area contributed by atoms with Crippen molar-refractivity contribution in [3.05, 3.63) is 0 Å². The molecule has 0 saturated carbocycles. The van der Waals surface area contributed by atoms with Crippen LogP contribution in [0.15, 0.2) is 0 Å². The van der Waals surface area contributed by atoms with Crippen LogP contribution in [0.1, 0.15) is 168 Å². The summed E-state index contributed by atoms with van der Waals surface area (Å²) in [7, 11) is 1.11. The van der Waals surface area contributed by atoms with Crippen molar-refractivity contribution in [1.82, 2.24) is 63.0 Å². The second-order valence-corrected chi connectivity index (χ2v) is 26.9. The zero-order valence-corrected chi connectivity index (χ0v) is 58.2. The minimum atomic E-state index is -2.56. The minimum absolute atomic E-state index is 0.00696. The van der Waals surface area contributed by atoms with Crippen molar-refractivity contribution < 1.29 is 92.7 Å². The number of unbranched alkanes of at least 4 members (excludes halogenated alkanes) is 2. The molecular formula is C63H110N14O19. The molecule has 0 aromatic heterocycles. The predicted octanol–water partition coefficient (Wildman–Crippen LogP) is -4.69. The zero-order valence-electron chi connectivity index (χ0n) is 58.2. The molecule has 19 N–H and O–H groups in total. The Morgan fingerprint density at radius 1 is 0.531 bits per heavy atom. The Balaban J connectivity index is 2.97.